The number of hydrogen-bond acceptors (Lipinski definition) is 5. The van der Waals surface area contributed by atoms with E-state index in [0.717, 1.165) is 12.5 Å². The first-order chi connectivity index (χ1) is 7.47. The summed E-state index contributed by atoms with van der Waals surface area (Å²) in [5.74, 6) is -1.35. The minimum absolute atomic E-state index is 0.206. The highest BCUT2D eigenvalue weighted by molar-refractivity contribution is 7.89. The highest BCUT2D eigenvalue weighted by Crippen LogP contribution is 2.04. The van der Waals surface area contributed by atoms with E-state index in [9.17, 15) is 13.2 Å². The lowest BCUT2D eigenvalue weighted by Crippen LogP contribution is -2.41. The van der Waals surface area contributed by atoms with Gasteiger partial charge in [0.05, 0.1) is 12.5 Å². The Labute approximate surface area is 91.4 Å². The normalized spacial score (nSPS) is 13.6. The Balaban J connectivity index is 2.82. The molecule has 0 saturated carbocycles. The Morgan fingerprint density at radius 2 is 2.31 bits per heavy atom. The van der Waals surface area contributed by atoms with Crippen LogP contribution in [-0.2, 0) is 14.8 Å². The molecule has 4 N–H and O–H groups in total. The van der Waals surface area contributed by atoms with Crippen molar-refractivity contribution in [3.05, 3.63) is 12.5 Å². The van der Waals surface area contributed by atoms with Crippen molar-refractivity contribution in [1.82, 2.24) is 14.7 Å². The van der Waals surface area contributed by atoms with E-state index in [1.807, 2.05) is 4.72 Å². The summed E-state index contributed by atoms with van der Waals surface area (Å²) in [6, 6.07) is -1.36. The fourth-order valence-corrected chi connectivity index (χ4v) is 2.13. The van der Waals surface area contributed by atoms with Crippen molar-refractivity contribution >= 4 is 16.0 Å². The van der Waals surface area contributed by atoms with E-state index in [2.05, 4.69) is 9.97 Å². The Bertz CT molecular complexity index is 441. The number of nitrogens with zero attached hydrogens (tertiary/aromatic N) is 1. The molecule has 0 aliphatic carbocycles. The molecule has 0 fully saturated rings. The highest BCUT2D eigenvalue weighted by atomic mass is 32.2. The monoisotopic (exact) mass is 249 g/mol. The minimum atomic E-state index is -3.94. The molecule has 1 rings (SSSR count). The van der Waals surface area contributed by atoms with Crippen LogP contribution in [0.25, 0.3) is 0 Å². The minimum Gasteiger partial charge on any atom is -0.480 e. The third-order valence-electron chi connectivity index (χ3n) is 1.78. The van der Waals surface area contributed by atoms with Crippen LogP contribution in [0.3, 0.4) is 0 Å². The maximum Gasteiger partial charge on any atom is 0.321 e. The van der Waals surface area contributed by atoms with Crippen molar-refractivity contribution in [2.24, 2.45) is 0 Å². The second kappa shape index (κ2) is 5.05. The zero-order chi connectivity index (χ0) is 12.2. The van der Waals surface area contributed by atoms with Crippen LogP contribution in [0, 0.1) is 0 Å². The summed E-state index contributed by atoms with van der Waals surface area (Å²) in [7, 11) is -3.94. The molecule has 1 aromatic heterocycles. The number of hydrogen-bond donors (Lipinski definition) is 4. The number of aliphatic carboxylic acids is 1. The Morgan fingerprint density at radius 3 is 2.75 bits per heavy atom. The standard InChI is InChI=1S/C7H11N3O5S/c11-2-1-5(7(12)13)10-16(14,15)6-3-8-4-9-6/h3-5,10-11H,1-2H2,(H,8,9)(H,12,13). The number of aliphatic hydroxyl groups excluding tert-OH is 1. The Kier molecular flexibility index (Phi) is 3.99. The van der Waals surface area contributed by atoms with Gasteiger partial charge in [0, 0.05) is 6.61 Å². The number of carbonyl (C=O) groups is 1. The molecule has 0 aliphatic rings. The number of aliphatic hydroxyl groups is 1. The van der Waals surface area contributed by atoms with Gasteiger partial charge in [-0.25, -0.2) is 13.4 Å². The molecule has 90 valence electrons. The van der Waals surface area contributed by atoms with Gasteiger partial charge in [-0.3, -0.25) is 4.79 Å². The lowest BCUT2D eigenvalue weighted by molar-refractivity contribution is -0.139. The molecule has 1 aromatic rings. The van der Waals surface area contributed by atoms with Gasteiger partial charge >= 0.3 is 5.97 Å². The molecule has 0 amide bonds. The number of aromatic amines is 1. The van der Waals surface area contributed by atoms with E-state index < -0.39 is 28.6 Å². The molecule has 8 nitrogen and oxygen atoms in total. The summed E-state index contributed by atoms with van der Waals surface area (Å²) >= 11 is 0. The van der Waals surface area contributed by atoms with Crippen molar-refractivity contribution in [2.75, 3.05) is 6.61 Å². The molecule has 1 heterocycles. The van der Waals surface area contributed by atoms with Gasteiger partial charge in [0.25, 0.3) is 10.0 Å². The Hall–Kier alpha value is -1.45. The SMILES string of the molecule is O=C(O)C(CCO)NS(=O)(=O)c1cnc[nH]1. The predicted octanol–water partition coefficient (Wildman–Crippen LogP) is -1.48. The molecule has 0 radical (unpaired) electrons. The van der Waals surface area contributed by atoms with E-state index in [4.69, 9.17) is 10.2 Å². The van der Waals surface area contributed by atoms with Crippen LogP contribution >= 0.6 is 0 Å². The molecule has 1 unspecified atom stereocenters. The van der Waals surface area contributed by atoms with Crippen LogP contribution < -0.4 is 4.72 Å². The first kappa shape index (κ1) is 12.6. The van der Waals surface area contributed by atoms with Crippen molar-refractivity contribution < 1.29 is 23.4 Å². The van der Waals surface area contributed by atoms with Crippen LogP contribution in [0.15, 0.2) is 17.6 Å². The molecule has 0 spiro atoms. The van der Waals surface area contributed by atoms with Crippen LogP contribution in [0.5, 0.6) is 0 Å². The average Bonchev–Trinajstić information content (AvgIpc) is 2.69. The Morgan fingerprint density at radius 1 is 1.62 bits per heavy atom. The largest absolute Gasteiger partial charge is 0.480 e. The number of imidazole rings is 1. The second-order valence-corrected chi connectivity index (χ2v) is 4.62. The number of carboxylic acid groups (broad SMARTS) is 1. The smallest absolute Gasteiger partial charge is 0.321 e. The van der Waals surface area contributed by atoms with Gasteiger partial charge in [-0.05, 0) is 6.42 Å². The zero-order valence-corrected chi connectivity index (χ0v) is 8.94. The summed E-state index contributed by atoms with van der Waals surface area (Å²) in [6.07, 6.45) is 2.01. The van der Waals surface area contributed by atoms with Gasteiger partial charge < -0.3 is 15.2 Å². The summed E-state index contributed by atoms with van der Waals surface area (Å²) in [6.45, 7) is -0.428. The van der Waals surface area contributed by atoms with Gasteiger partial charge in [-0.1, -0.05) is 0 Å². The van der Waals surface area contributed by atoms with E-state index in [0.29, 0.717) is 0 Å². The van der Waals surface area contributed by atoms with Crippen LogP contribution in [0.2, 0.25) is 0 Å². The fraction of sp³-hybridized carbons (Fsp3) is 0.429. The van der Waals surface area contributed by atoms with Crippen molar-refractivity contribution in [3.63, 3.8) is 0 Å². The van der Waals surface area contributed by atoms with Crippen LogP contribution in [0.1, 0.15) is 6.42 Å². The quantitative estimate of drug-likeness (QED) is 0.486. The molecule has 0 saturated heterocycles. The number of nitrogens with one attached hydrogen (secondary N) is 2. The average molecular weight is 249 g/mol. The maximum absolute atomic E-state index is 11.6. The number of rotatable bonds is 6. The van der Waals surface area contributed by atoms with Gasteiger partial charge in [0.15, 0.2) is 5.03 Å². The van der Waals surface area contributed by atoms with Gasteiger partial charge in [0.2, 0.25) is 0 Å². The number of aromatic nitrogens is 2. The van der Waals surface area contributed by atoms with Gasteiger partial charge in [0.1, 0.15) is 6.04 Å². The molecule has 0 bridgehead atoms. The molecule has 9 heteroatoms. The molecule has 0 aliphatic heterocycles. The van der Waals surface area contributed by atoms with Crippen molar-refractivity contribution in [3.8, 4) is 0 Å². The van der Waals surface area contributed by atoms with E-state index in [1.54, 1.807) is 0 Å². The summed E-state index contributed by atoms with van der Waals surface area (Å²) in [5, 5.41) is 17.1. The van der Waals surface area contributed by atoms with Crippen LogP contribution in [0.4, 0.5) is 0 Å². The number of carboxylic acids is 1. The first-order valence-corrected chi connectivity index (χ1v) is 5.80. The van der Waals surface area contributed by atoms with Crippen molar-refractivity contribution in [2.45, 2.75) is 17.5 Å². The second-order valence-electron chi connectivity index (χ2n) is 2.94. The summed E-state index contributed by atoms with van der Waals surface area (Å²) in [4.78, 5) is 16.5. The topological polar surface area (TPSA) is 132 Å². The molecular formula is C7H11N3O5S. The van der Waals surface area contributed by atoms with Crippen LogP contribution in [-0.4, -0.2) is 47.2 Å². The third-order valence-corrected chi connectivity index (χ3v) is 3.17. The molecule has 16 heavy (non-hydrogen) atoms. The molecule has 1 atom stereocenters. The summed E-state index contributed by atoms with van der Waals surface area (Å²) < 4.78 is 25.0. The maximum atomic E-state index is 11.6. The fourth-order valence-electron chi connectivity index (χ4n) is 1.00. The lowest BCUT2D eigenvalue weighted by Gasteiger charge is -2.12. The molecular weight excluding hydrogens is 238 g/mol. The highest BCUT2D eigenvalue weighted by Gasteiger charge is 2.25. The number of H-pyrrole nitrogens is 1. The first-order valence-electron chi connectivity index (χ1n) is 4.31. The van der Waals surface area contributed by atoms with E-state index >= 15 is 0 Å². The van der Waals surface area contributed by atoms with Crippen molar-refractivity contribution in [1.29, 1.82) is 0 Å². The third kappa shape index (κ3) is 3.02. The van der Waals surface area contributed by atoms with Gasteiger partial charge in [-0.2, -0.15) is 4.72 Å². The zero-order valence-electron chi connectivity index (χ0n) is 8.12. The molecule has 0 aromatic carbocycles. The van der Waals surface area contributed by atoms with E-state index in [1.165, 1.54) is 0 Å². The predicted molar refractivity (Wildman–Crippen MR) is 52.0 cm³/mol. The summed E-state index contributed by atoms with van der Waals surface area (Å²) in [5.41, 5.74) is 0. The van der Waals surface area contributed by atoms with E-state index in [-0.39, 0.29) is 11.4 Å². The lowest BCUT2D eigenvalue weighted by atomic mass is 10.2. The van der Waals surface area contributed by atoms with Gasteiger partial charge in [-0.15, -0.1) is 0 Å². The number of sulfonamides is 1.